The summed E-state index contributed by atoms with van der Waals surface area (Å²) in [6, 6.07) is 9.79. The van der Waals surface area contributed by atoms with E-state index in [-0.39, 0.29) is 11.4 Å². The molecule has 118 valence electrons. The van der Waals surface area contributed by atoms with Crippen LogP contribution in [0.2, 0.25) is 0 Å². The highest BCUT2D eigenvalue weighted by Crippen LogP contribution is 2.25. The third kappa shape index (κ3) is 3.67. The van der Waals surface area contributed by atoms with Crippen LogP contribution in [0, 0.1) is 0 Å². The van der Waals surface area contributed by atoms with Crippen LogP contribution in [0.25, 0.3) is 5.69 Å². The molecular weight excluding hydrogens is 278 g/mol. The SMILES string of the molecule is COC(=O)CCc1cccc(-n2nc(C(C)(C)C)cc2N)c1. The van der Waals surface area contributed by atoms with Crippen LogP contribution in [-0.2, 0) is 21.4 Å². The minimum atomic E-state index is -0.209. The van der Waals surface area contributed by atoms with Crippen molar-refractivity contribution in [3.8, 4) is 5.69 Å². The predicted molar refractivity (Wildman–Crippen MR) is 87.0 cm³/mol. The van der Waals surface area contributed by atoms with E-state index < -0.39 is 0 Å². The van der Waals surface area contributed by atoms with E-state index in [9.17, 15) is 4.79 Å². The van der Waals surface area contributed by atoms with Crippen LogP contribution in [-0.4, -0.2) is 22.9 Å². The molecule has 0 aliphatic rings. The summed E-state index contributed by atoms with van der Waals surface area (Å²) in [6.07, 6.45) is 0.996. The molecule has 5 nitrogen and oxygen atoms in total. The van der Waals surface area contributed by atoms with Crippen molar-refractivity contribution in [3.05, 3.63) is 41.6 Å². The number of ether oxygens (including phenoxy) is 1. The maximum atomic E-state index is 11.2. The Bertz CT molecular complexity index is 669. The van der Waals surface area contributed by atoms with Crippen LogP contribution in [0.1, 0.15) is 38.4 Å². The average molecular weight is 301 g/mol. The van der Waals surface area contributed by atoms with Gasteiger partial charge in [0, 0.05) is 17.9 Å². The molecule has 2 N–H and O–H groups in total. The quantitative estimate of drug-likeness (QED) is 0.882. The van der Waals surface area contributed by atoms with Gasteiger partial charge in [-0.3, -0.25) is 4.79 Å². The van der Waals surface area contributed by atoms with Gasteiger partial charge in [0.15, 0.2) is 0 Å². The summed E-state index contributed by atoms with van der Waals surface area (Å²) in [4.78, 5) is 11.2. The molecule has 0 aliphatic heterocycles. The number of aryl methyl sites for hydroxylation is 1. The fourth-order valence-electron chi connectivity index (χ4n) is 2.16. The first-order chi connectivity index (χ1) is 10.3. The zero-order valence-corrected chi connectivity index (χ0v) is 13.6. The van der Waals surface area contributed by atoms with E-state index in [1.807, 2.05) is 30.3 Å². The van der Waals surface area contributed by atoms with Gasteiger partial charge in [0.2, 0.25) is 0 Å². The van der Waals surface area contributed by atoms with Crippen molar-refractivity contribution in [1.29, 1.82) is 0 Å². The van der Waals surface area contributed by atoms with Gasteiger partial charge in [-0.15, -0.1) is 0 Å². The number of rotatable bonds is 4. The molecule has 0 unspecified atom stereocenters. The summed E-state index contributed by atoms with van der Waals surface area (Å²) in [5.74, 6) is 0.397. The van der Waals surface area contributed by atoms with Gasteiger partial charge >= 0.3 is 5.97 Å². The van der Waals surface area contributed by atoms with Crippen LogP contribution in [0.15, 0.2) is 30.3 Å². The van der Waals surface area contributed by atoms with Crippen LogP contribution in [0.3, 0.4) is 0 Å². The minimum Gasteiger partial charge on any atom is -0.469 e. The van der Waals surface area contributed by atoms with Gasteiger partial charge in [0.1, 0.15) is 5.82 Å². The highest BCUT2D eigenvalue weighted by Gasteiger charge is 2.19. The number of methoxy groups -OCH3 is 1. The molecule has 0 aliphatic carbocycles. The van der Waals surface area contributed by atoms with Gasteiger partial charge in [0.05, 0.1) is 18.5 Å². The number of nitrogen functional groups attached to an aromatic ring is 1. The van der Waals surface area contributed by atoms with Crippen LogP contribution >= 0.6 is 0 Å². The van der Waals surface area contributed by atoms with E-state index in [0.29, 0.717) is 18.7 Å². The first-order valence-electron chi connectivity index (χ1n) is 7.33. The molecule has 0 amide bonds. The van der Waals surface area contributed by atoms with Crippen LogP contribution in [0.5, 0.6) is 0 Å². The standard InChI is InChI=1S/C17H23N3O2/c1-17(2,3)14-11-15(18)20(19-14)13-7-5-6-12(10-13)8-9-16(21)22-4/h5-7,10-11H,8-9,18H2,1-4H3. The third-order valence-corrected chi connectivity index (χ3v) is 3.51. The smallest absolute Gasteiger partial charge is 0.305 e. The lowest BCUT2D eigenvalue weighted by atomic mass is 9.92. The van der Waals surface area contributed by atoms with Gasteiger partial charge in [-0.2, -0.15) is 5.10 Å². The second kappa shape index (κ2) is 6.22. The summed E-state index contributed by atoms with van der Waals surface area (Å²) in [5, 5.41) is 4.60. The van der Waals surface area contributed by atoms with Crippen molar-refractivity contribution in [3.63, 3.8) is 0 Å². The molecule has 1 aromatic carbocycles. The Kier molecular flexibility index (Phi) is 4.54. The number of hydrogen-bond acceptors (Lipinski definition) is 4. The molecule has 5 heteroatoms. The second-order valence-corrected chi connectivity index (χ2v) is 6.36. The zero-order chi connectivity index (χ0) is 16.3. The minimum absolute atomic E-state index is 0.0537. The van der Waals surface area contributed by atoms with E-state index >= 15 is 0 Å². The summed E-state index contributed by atoms with van der Waals surface area (Å²) in [5.41, 5.74) is 8.94. The molecule has 2 rings (SSSR count). The molecule has 1 heterocycles. The molecule has 0 radical (unpaired) electrons. The van der Waals surface area contributed by atoms with Crippen molar-refractivity contribution >= 4 is 11.8 Å². The van der Waals surface area contributed by atoms with Crippen LogP contribution < -0.4 is 5.73 Å². The van der Waals surface area contributed by atoms with Gasteiger partial charge in [-0.05, 0) is 24.1 Å². The molecule has 0 atom stereocenters. The number of carbonyl (C=O) groups excluding carboxylic acids is 1. The molecule has 22 heavy (non-hydrogen) atoms. The summed E-state index contributed by atoms with van der Waals surface area (Å²) in [6.45, 7) is 6.31. The second-order valence-electron chi connectivity index (χ2n) is 6.36. The lowest BCUT2D eigenvalue weighted by molar-refractivity contribution is -0.140. The normalized spacial score (nSPS) is 11.5. The Labute approximate surface area is 131 Å². The molecule has 0 saturated carbocycles. The monoisotopic (exact) mass is 301 g/mol. The van der Waals surface area contributed by atoms with Gasteiger partial charge in [0.25, 0.3) is 0 Å². The van der Waals surface area contributed by atoms with Gasteiger partial charge < -0.3 is 10.5 Å². The lowest BCUT2D eigenvalue weighted by Gasteiger charge is -2.14. The van der Waals surface area contributed by atoms with Gasteiger partial charge in [-0.1, -0.05) is 32.9 Å². The maximum Gasteiger partial charge on any atom is 0.305 e. The Hall–Kier alpha value is -2.30. The molecular formula is C17H23N3O2. The number of carbonyl (C=O) groups is 1. The number of nitrogens with zero attached hydrogens (tertiary/aromatic N) is 2. The number of nitrogens with two attached hydrogens (primary N) is 1. The third-order valence-electron chi connectivity index (χ3n) is 3.51. The molecule has 0 bridgehead atoms. The zero-order valence-electron chi connectivity index (χ0n) is 13.6. The molecule has 1 aromatic heterocycles. The van der Waals surface area contributed by atoms with Crippen molar-refractivity contribution in [1.82, 2.24) is 9.78 Å². The number of hydrogen-bond donors (Lipinski definition) is 1. The molecule has 2 aromatic rings. The van der Waals surface area contributed by atoms with Gasteiger partial charge in [-0.25, -0.2) is 4.68 Å². The largest absolute Gasteiger partial charge is 0.469 e. The fourth-order valence-corrected chi connectivity index (χ4v) is 2.16. The summed E-state index contributed by atoms with van der Waals surface area (Å²) >= 11 is 0. The number of esters is 1. The van der Waals surface area contributed by atoms with E-state index in [1.54, 1.807) is 4.68 Å². The maximum absolute atomic E-state index is 11.2. The van der Waals surface area contributed by atoms with Crippen molar-refractivity contribution in [2.75, 3.05) is 12.8 Å². The summed E-state index contributed by atoms with van der Waals surface area (Å²) in [7, 11) is 1.40. The topological polar surface area (TPSA) is 70.1 Å². The molecule has 0 fully saturated rings. The Morgan fingerprint density at radius 2 is 2.05 bits per heavy atom. The van der Waals surface area contributed by atoms with Crippen LogP contribution in [0.4, 0.5) is 5.82 Å². The van der Waals surface area contributed by atoms with E-state index in [1.165, 1.54) is 7.11 Å². The number of aromatic nitrogens is 2. The number of benzene rings is 1. The first-order valence-corrected chi connectivity index (χ1v) is 7.33. The predicted octanol–water partition coefficient (Wildman–Crippen LogP) is 2.86. The van der Waals surface area contributed by atoms with Crippen molar-refractivity contribution in [2.24, 2.45) is 0 Å². The lowest BCUT2D eigenvalue weighted by Crippen LogP contribution is -2.12. The highest BCUT2D eigenvalue weighted by molar-refractivity contribution is 5.69. The first kappa shape index (κ1) is 16.1. The van der Waals surface area contributed by atoms with E-state index in [2.05, 4.69) is 30.6 Å². The van der Waals surface area contributed by atoms with E-state index in [0.717, 1.165) is 16.9 Å². The Balaban J connectivity index is 2.26. The highest BCUT2D eigenvalue weighted by atomic mass is 16.5. The number of anilines is 1. The van der Waals surface area contributed by atoms with E-state index in [4.69, 9.17) is 5.73 Å². The van der Waals surface area contributed by atoms with Crippen molar-refractivity contribution < 1.29 is 9.53 Å². The summed E-state index contributed by atoms with van der Waals surface area (Å²) < 4.78 is 6.41. The van der Waals surface area contributed by atoms with Crippen molar-refractivity contribution in [2.45, 2.75) is 39.0 Å². The average Bonchev–Trinajstić information content (AvgIpc) is 2.87. The Morgan fingerprint density at radius 3 is 2.64 bits per heavy atom. The fraction of sp³-hybridized carbons (Fsp3) is 0.412. The molecule has 0 saturated heterocycles. The Morgan fingerprint density at radius 1 is 1.32 bits per heavy atom. The molecule has 0 spiro atoms.